The number of nitrogens with zero attached hydrogens (tertiary/aromatic N) is 3. The zero-order valence-corrected chi connectivity index (χ0v) is 23.3. The Morgan fingerprint density at radius 3 is 2.36 bits per heavy atom. The molecule has 0 spiro atoms. The van der Waals surface area contributed by atoms with E-state index >= 15 is 0 Å². The Labute approximate surface area is 229 Å². The molecule has 0 aliphatic rings. The minimum Gasteiger partial charge on any atom is -0.494 e. The number of rotatable bonds is 10. The van der Waals surface area contributed by atoms with Crippen molar-refractivity contribution in [3.63, 3.8) is 0 Å². The molecule has 0 fully saturated rings. The number of anilines is 1. The molecule has 0 bridgehead atoms. The highest BCUT2D eigenvalue weighted by Crippen LogP contribution is 2.26. The van der Waals surface area contributed by atoms with Gasteiger partial charge in [0.1, 0.15) is 12.3 Å². The number of aromatic nitrogens is 1. The van der Waals surface area contributed by atoms with E-state index < -0.39 is 22.5 Å². The Hall–Kier alpha value is -4.37. The van der Waals surface area contributed by atoms with Crippen LogP contribution in [0.15, 0.2) is 94.9 Å². The first kappa shape index (κ1) is 27.7. The third kappa shape index (κ3) is 6.38. The summed E-state index contributed by atoms with van der Waals surface area (Å²) in [4.78, 5) is 13.0. The Kier molecular flexibility index (Phi) is 8.51. The fourth-order valence-corrected chi connectivity index (χ4v) is 5.77. The number of nitrogens with one attached hydrogen (secondary N) is 1. The van der Waals surface area contributed by atoms with Crippen LogP contribution >= 0.6 is 0 Å². The van der Waals surface area contributed by atoms with Crippen LogP contribution in [0.1, 0.15) is 29.4 Å². The zero-order chi connectivity index (χ0) is 28.0. The Morgan fingerprint density at radius 1 is 0.974 bits per heavy atom. The van der Waals surface area contributed by atoms with E-state index in [2.05, 4.69) is 21.2 Å². The molecule has 0 aliphatic carbocycles. The van der Waals surface area contributed by atoms with Crippen LogP contribution in [0.2, 0.25) is 0 Å². The number of aryl methyl sites for hydroxylation is 2. The molecule has 0 saturated heterocycles. The lowest BCUT2D eigenvalue weighted by Gasteiger charge is -2.24. The van der Waals surface area contributed by atoms with Crippen LogP contribution in [0, 0.1) is 20.8 Å². The lowest BCUT2D eigenvalue weighted by molar-refractivity contribution is -0.119. The summed E-state index contributed by atoms with van der Waals surface area (Å²) in [7, 11) is -4.02. The van der Waals surface area contributed by atoms with Crippen molar-refractivity contribution in [2.45, 2.75) is 32.6 Å². The number of carbonyl (C=O) groups excluding carboxylic acids is 1. The Bertz CT molecular complexity index is 1580. The molecule has 9 heteroatoms. The van der Waals surface area contributed by atoms with Gasteiger partial charge in [-0.15, -0.1) is 0 Å². The van der Waals surface area contributed by atoms with Gasteiger partial charge in [0.15, 0.2) is 0 Å². The monoisotopic (exact) mass is 544 g/mol. The summed E-state index contributed by atoms with van der Waals surface area (Å²) in [6, 6.07) is 24.8. The topological polar surface area (TPSA) is 93.0 Å². The molecule has 4 rings (SSSR count). The second-order valence-electron chi connectivity index (χ2n) is 9.05. The van der Waals surface area contributed by atoms with E-state index in [0.717, 1.165) is 32.5 Å². The molecule has 0 aliphatic heterocycles. The van der Waals surface area contributed by atoms with Crippen molar-refractivity contribution in [3.8, 4) is 11.4 Å². The molecule has 202 valence electrons. The van der Waals surface area contributed by atoms with E-state index in [-0.39, 0.29) is 4.90 Å². The molecule has 0 atom stereocenters. The molecule has 1 heterocycles. The van der Waals surface area contributed by atoms with Gasteiger partial charge in [-0.1, -0.05) is 30.3 Å². The maximum absolute atomic E-state index is 13.5. The van der Waals surface area contributed by atoms with Gasteiger partial charge < -0.3 is 9.30 Å². The fourth-order valence-electron chi connectivity index (χ4n) is 4.33. The first-order chi connectivity index (χ1) is 18.7. The van der Waals surface area contributed by atoms with Gasteiger partial charge in [-0.2, -0.15) is 5.10 Å². The molecule has 39 heavy (non-hydrogen) atoms. The fraction of sp³-hybridized carbons (Fsp3) is 0.200. The lowest BCUT2D eigenvalue weighted by Crippen LogP contribution is -2.39. The summed E-state index contributed by atoms with van der Waals surface area (Å²) in [5.74, 6) is 0.0303. The molecule has 1 aromatic heterocycles. The van der Waals surface area contributed by atoms with Gasteiger partial charge in [-0.3, -0.25) is 9.10 Å². The third-order valence-electron chi connectivity index (χ3n) is 6.18. The van der Waals surface area contributed by atoms with Crippen molar-refractivity contribution < 1.29 is 17.9 Å². The van der Waals surface area contributed by atoms with Crippen LogP contribution in [0.25, 0.3) is 5.69 Å². The average molecular weight is 545 g/mol. The maximum atomic E-state index is 13.5. The largest absolute Gasteiger partial charge is 0.494 e. The van der Waals surface area contributed by atoms with Gasteiger partial charge >= 0.3 is 0 Å². The van der Waals surface area contributed by atoms with Gasteiger partial charge in [0, 0.05) is 22.6 Å². The second kappa shape index (κ2) is 12.0. The van der Waals surface area contributed by atoms with Crippen molar-refractivity contribution in [1.29, 1.82) is 0 Å². The predicted molar refractivity (Wildman–Crippen MR) is 154 cm³/mol. The molecule has 0 unspecified atom stereocenters. The predicted octanol–water partition coefficient (Wildman–Crippen LogP) is 5.15. The van der Waals surface area contributed by atoms with E-state index in [0.29, 0.717) is 18.0 Å². The van der Waals surface area contributed by atoms with Gasteiger partial charge in [-0.25, -0.2) is 13.8 Å². The summed E-state index contributed by atoms with van der Waals surface area (Å²) in [5.41, 5.74) is 7.87. The van der Waals surface area contributed by atoms with E-state index in [9.17, 15) is 13.2 Å². The number of benzene rings is 3. The maximum Gasteiger partial charge on any atom is 0.264 e. The van der Waals surface area contributed by atoms with Crippen molar-refractivity contribution >= 4 is 27.8 Å². The number of amides is 1. The summed E-state index contributed by atoms with van der Waals surface area (Å²) in [6.45, 7) is 7.94. The second-order valence-corrected chi connectivity index (χ2v) is 10.9. The molecule has 4 aromatic rings. The van der Waals surface area contributed by atoms with Crippen molar-refractivity contribution in [2.24, 2.45) is 5.10 Å². The highest BCUT2D eigenvalue weighted by molar-refractivity contribution is 7.92. The summed E-state index contributed by atoms with van der Waals surface area (Å²) in [6.07, 6.45) is 1.57. The third-order valence-corrected chi connectivity index (χ3v) is 7.97. The van der Waals surface area contributed by atoms with E-state index in [1.165, 1.54) is 12.1 Å². The van der Waals surface area contributed by atoms with Crippen LogP contribution < -0.4 is 14.5 Å². The van der Waals surface area contributed by atoms with Crippen LogP contribution in [0.3, 0.4) is 0 Å². The number of carbonyl (C=O) groups is 1. The highest BCUT2D eigenvalue weighted by atomic mass is 32.2. The summed E-state index contributed by atoms with van der Waals surface area (Å²) in [5, 5.41) is 4.13. The Morgan fingerprint density at radius 2 is 1.69 bits per heavy atom. The van der Waals surface area contributed by atoms with Crippen molar-refractivity contribution in [3.05, 3.63) is 107 Å². The quantitative estimate of drug-likeness (QED) is 0.221. The molecule has 0 saturated carbocycles. The van der Waals surface area contributed by atoms with Gasteiger partial charge in [0.25, 0.3) is 15.9 Å². The molecule has 3 aromatic carbocycles. The molecule has 8 nitrogen and oxygen atoms in total. The van der Waals surface area contributed by atoms with Crippen LogP contribution in [0.4, 0.5) is 5.69 Å². The average Bonchev–Trinajstić information content (AvgIpc) is 3.21. The van der Waals surface area contributed by atoms with Gasteiger partial charge in [-0.05, 0) is 87.9 Å². The highest BCUT2D eigenvalue weighted by Gasteiger charge is 2.27. The first-order valence-electron chi connectivity index (χ1n) is 12.6. The summed E-state index contributed by atoms with van der Waals surface area (Å²) < 4.78 is 35.6. The zero-order valence-electron chi connectivity index (χ0n) is 22.5. The van der Waals surface area contributed by atoms with Crippen molar-refractivity contribution in [1.82, 2.24) is 9.99 Å². The molecule has 1 N–H and O–H groups in total. The molecular formula is C30H32N4O4S. The number of hydrogen-bond donors (Lipinski definition) is 1. The first-order valence-corrected chi connectivity index (χ1v) is 14.0. The van der Waals surface area contributed by atoms with Gasteiger partial charge in [0.2, 0.25) is 0 Å². The standard InChI is InChI=1S/C30H32N4O4S/c1-5-38-28-16-14-26(15-17-28)33(39(36,37)29-12-7-6-8-13-29)21-30(35)32-31-20-25-19-23(3)34(24(25)4)27-11-9-10-22(2)18-27/h6-20H,5,21H2,1-4H3,(H,32,35)/b31-20-. The number of ether oxygens (including phenoxy) is 1. The molecular weight excluding hydrogens is 512 g/mol. The van der Waals surface area contributed by atoms with Crippen LogP contribution in [-0.2, 0) is 14.8 Å². The SMILES string of the molecule is CCOc1ccc(N(CC(=O)N/N=C\c2cc(C)n(-c3cccc(C)c3)c2C)S(=O)(=O)c2ccccc2)cc1. The van der Waals surface area contributed by atoms with Crippen LogP contribution in [-0.4, -0.2) is 38.3 Å². The van der Waals surface area contributed by atoms with Gasteiger partial charge in [0.05, 0.1) is 23.4 Å². The minimum atomic E-state index is -4.02. The normalized spacial score (nSPS) is 11.5. The minimum absolute atomic E-state index is 0.0822. The van der Waals surface area contributed by atoms with Crippen molar-refractivity contribution in [2.75, 3.05) is 17.5 Å². The van der Waals surface area contributed by atoms with Crippen LogP contribution in [0.5, 0.6) is 5.75 Å². The summed E-state index contributed by atoms with van der Waals surface area (Å²) >= 11 is 0. The molecule has 0 radical (unpaired) electrons. The van der Waals surface area contributed by atoms with E-state index in [4.69, 9.17) is 4.74 Å². The lowest BCUT2D eigenvalue weighted by atomic mass is 10.2. The Balaban J connectivity index is 1.54. The number of hydrogen-bond acceptors (Lipinski definition) is 5. The van der Waals surface area contributed by atoms with E-state index in [1.807, 2.05) is 52.0 Å². The number of sulfonamides is 1. The number of hydrazone groups is 1. The van der Waals surface area contributed by atoms with E-state index in [1.54, 1.807) is 48.7 Å². The smallest absolute Gasteiger partial charge is 0.264 e. The molecule has 1 amide bonds.